The fourth-order valence-corrected chi connectivity index (χ4v) is 11.7. The van der Waals surface area contributed by atoms with Crippen molar-refractivity contribution >= 4 is 62.0 Å². The molecule has 2 saturated carbocycles. The summed E-state index contributed by atoms with van der Waals surface area (Å²) < 4.78 is 47.0. The minimum Gasteiger partial charge on any atom is -0.393 e. The van der Waals surface area contributed by atoms with Crippen molar-refractivity contribution in [1.29, 1.82) is 0 Å². The van der Waals surface area contributed by atoms with Gasteiger partial charge in [-0.25, -0.2) is 22.6 Å². The molecule has 62 heavy (non-hydrogen) atoms. The average molecular weight is 870 g/mol. The number of piperazine rings is 1. The SMILES string of the molecule is C[C@@H](c1cccc(S(=O)(=O)N2CCC(Nc3ncc4c(n3)N([C@@H]3CCCC(O)C3)C(=O)C43CC3)[C@H](F)C2)c1)N1CCN(c2ccc3c(N4CCC(=O)NC4=O)nn(C)c3c2)CC1. The molecule has 4 aromatic rings. The Morgan fingerprint density at radius 3 is 2.53 bits per heavy atom. The first-order valence-corrected chi connectivity index (χ1v) is 23.2. The van der Waals surface area contributed by atoms with E-state index in [1.807, 2.05) is 25.2 Å². The molecule has 0 radical (unpaired) electrons. The number of nitrogens with zero attached hydrogens (tertiary/aromatic N) is 9. The normalized spacial score (nSPS) is 26.3. The van der Waals surface area contributed by atoms with Crippen LogP contribution in [0.15, 0.2) is 53.6 Å². The number of hydrogen-bond donors (Lipinski definition) is 3. The zero-order chi connectivity index (χ0) is 43.1. The van der Waals surface area contributed by atoms with Gasteiger partial charge in [-0.3, -0.25) is 34.3 Å². The van der Waals surface area contributed by atoms with E-state index in [9.17, 15) is 27.9 Å². The van der Waals surface area contributed by atoms with E-state index < -0.39 is 39.8 Å². The Balaban J connectivity index is 0.767. The van der Waals surface area contributed by atoms with Crippen LogP contribution in [0.4, 0.5) is 32.5 Å². The number of carbonyl (C=O) groups is 3. The number of aryl methyl sites for hydroxylation is 1. The van der Waals surface area contributed by atoms with Crippen LogP contribution in [0.5, 0.6) is 0 Å². The molecule has 4 aliphatic heterocycles. The summed E-state index contributed by atoms with van der Waals surface area (Å²) in [7, 11) is -2.17. The molecule has 0 bridgehead atoms. The number of rotatable bonds is 9. The molecule has 17 nitrogen and oxygen atoms in total. The van der Waals surface area contributed by atoms with Gasteiger partial charge in [0.15, 0.2) is 5.82 Å². The third-order valence-corrected chi connectivity index (χ3v) is 15.9. The Morgan fingerprint density at radius 2 is 1.79 bits per heavy atom. The van der Waals surface area contributed by atoms with Crippen molar-refractivity contribution in [1.82, 2.24) is 34.3 Å². The highest BCUT2D eigenvalue weighted by molar-refractivity contribution is 7.89. The third kappa shape index (κ3) is 7.06. The highest BCUT2D eigenvalue weighted by Gasteiger charge is 2.61. The molecule has 2 unspecified atom stereocenters. The fourth-order valence-electron chi connectivity index (χ4n) is 10.2. The van der Waals surface area contributed by atoms with Gasteiger partial charge in [0, 0.05) is 94.2 Å². The smallest absolute Gasteiger partial charge is 0.329 e. The minimum absolute atomic E-state index is 0.0144. The van der Waals surface area contributed by atoms with E-state index in [1.54, 1.807) is 34.0 Å². The highest BCUT2D eigenvalue weighted by atomic mass is 32.2. The molecule has 1 spiro atoms. The Morgan fingerprint density at radius 1 is 0.984 bits per heavy atom. The summed E-state index contributed by atoms with van der Waals surface area (Å²) in [5, 5.41) is 21.3. The number of aromatic nitrogens is 4. The summed E-state index contributed by atoms with van der Waals surface area (Å²) in [6, 6.07) is 11.6. The predicted octanol–water partition coefficient (Wildman–Crippen LogP) is 3.59. The van der Waals surface area contributed by atoms with Crippen LogP contribution in [-0.2, 0) is 32.1 Å². The molecule has 6 heterocycles. The van der Waals surface area contributed by atoms with Gasteiger partial charge in [0.05, 0.1) is 28.0 Å². The van der Waals surface area contributed by atoms with Gasteiger partial charge < -0.3 is 15.3 Å². The van der Waals surface area contributed by atoms with Gasteiger partial charge in [-0.05, 0) is 87.8 Å². The molecule has 10 rings (SSSR count). The lowest BCUT2D eigenvalue weighted by Gasteiger charge is -2.39. The van der Waals surface area contributed by atoms with Crippen LogP contribution in [0.2, 0.25) is 0 Å². The first kappa shape index (κ1) is 40.8. The number of urea groups is 1. The van der Waals surface area contributed by atoms with E-state index in [-0.39, 0.29) is 67.2 Å². The van der Waals surface area contributed by atoms with E-state index in [4.69, 9.17) is 4.98 Å². The maximum absolute atomic E-state index is 16.0. The van der Waals surface area contributed by atoms with Gasteiger partial charge >= 0.3 is 6.03 Å². The molecule has 2 aliphatic carbocycles. The van der Waals surface area contributed by atoms with E-state index >= 15 is 4.39 Å². The molecule has 3 saturated heterocycles. The van der Waals surface area contributed by atoms with Crippen molar-refractivity contribution in [2.24, 2.45) is 7.05 Å². The number of nitrogens with one attached hydrogen (secondary N) is 2. The number of aliphatic hydroxyl groups is 1. The summed E-state index contributed by atoms with van der Waals surface area (Å²) in [4.78, 5) is 55.1. The highest BCUT2D eigenvalue weighted by Crippen LogP contribution is 2.57. The Labute approximate surface area is 359 Å². The number of hydrogen-bond acceptors (Lipinski definition) is 12. The van der Waals surface area contributed by atoms with Crippen LogP contribution in [0.1, 0.15) is 75.5 Å². The van der Waals surface area contributed by atoms with E-state index in [0.29, 0.717) is 24.5 Å². The number of sulfonamides is 1. The van der Waals surface area contributed by atoms with Crippen molar-refractivity contribution in [3.05, 3.63) is 59.8 Å². The second kappa shape index (κ2) is 15.5. The average Bonchev–Trinajstić information content (AvgIpc) is 3.96. The maximum atomic E-state index is 16.0. The van der Waals surface area contributed by atoms with E-state index in [2.05, 4.69) is 43.5 Å². The second-order valence-corrected chi connectivity index (χ2v) is 19.7. The van der Waals surface area contributed by atoms with E-state index in [0.717, 1.165) is 79.6 Å². The number of aliphatic hydroxyl groups excluding tert-OH is 1. The van der Waals surface area contributed by atoms with Crippen LogP contribution >= 0.6 is 0 Å². The summed E-state index contributed by atoms with van der Waals surface area (Å²) in [6.45, 7) is 5.11. The summed E-state index contributed by atoms with van der Waals surface area (Å²) in [5.74, 6) is 0.985. The van der Waals surface area contributed by atoms with Crippen LogP contribution in [0.3, 0.4) is 0 Å². The van der Waals surface area contributed by atoms with E-state index in [1.165, 1.54) is 9.21 Å². The summed E-state index contributed by atoms with van der Waals surface area (Å²) in [5.41, 5.74) is 2.97. The second-order valence-electron chi connectivity index (χ2n) is 17.8. The number of alkyl halides is 1. The standard InChI is InChI=1S/C43H52FN11O6S/c1-26(51-17-19-52(20-18-51)28-9-10-32-36(23-28)50(2)49-38(32)54-16-12-37(57)47-42(54)59)27-5-3-8-31(21-27)62(60,61)53-15-11-35(34(44)25-53)46-41-45-24-33-39(48-41)55(40(58)43(33)13-14-43)29-6-4-7-30(56)22-29/h3,5,8-10,21,23-24,26,29-30,34-35,56H,4,6-7,11-20,22,25H2,1-2H3,(H,45,46,48)(H,47,57,59)/t26-,29+,30?,34+,35?/m0/s1. The first-order chi connectivity index (χ1) is 29.8. The molecule has 328 valence electrons. The van der Waals surface area contributed by atoms with Crippen molar-refractivity contribution < 1.29 is 32.3 Å². The minimum atomic E-state index is -4.00. The Bertz CT molecular complexity index is 2560. The van der Waals surface area contributed by atoms with Crippen LogP contribution in [0.25, 0.3) is 10.9 Å². The van der Waals surface area contributed by atoms with Crippen LogP contribution in [0, 0.1) is 0 Å². The molecular weight excluding hydrogens is 818 g/mol. The molecule has 3 N–H and O–H groups in total. The quantitative estimate of drug-likeness (QED) is 0.222. The zero-order valence-electron chi connectivity index (χ0n) is 34.9. The lowest BCUT2D eigenvalue weighted by Crippen LogP contribution is -2.50. The number of benzene rings is 2. The summed E-state index contributed by atoms with van der Waals surface area (Å²) >= 11 is 0. The number of imide groups is 1. The monoisotopic (exact) mass is 869 g/mol. The molecule has 6 aliphatic rings. The number of piperidine rings is 1. The third-order valence-electron chi connectivity index (χ3n) is 14.0. The zero-order valence-corrected chi connectivity index (χ0v) is 35.7. The predicted molar refractivity (Wildman–Crippen MR) is 229 cm³/mol. The van der Waals surface area contributed by atoms with Gasteiger partial charge in [0.1, 0.15) is 12.0 Å². The Hall–Kier alpha value is -5.24. The topological polar surface area (TPSA) is 189 Å². The Kier molecular flexibility index (Phi) is 10.2. The molecular formula is C43H52FN11O6S. The molecule has 5 atom stereocenters. The largest absolute Gasteiger partial charge is 0.393 e. The van der Waals surface area contributed by atoms with Gasteiger partial charge in [0.25, 0.3) is 0 Å². The van der Waals surface area contributed by atoms with Gasteiger partial charge in [0.2, 0.25) is 27.8 Å². The number of carbonyl (C=O) groups excluding carboxylic acids is 3. The molecule has 19 heteroatoms. The molecule has 5 fully saturated rings. The van der Waals surface area contributed by atoms with Crippen LogP contribution < -0.4 is 25.3 Å². The molecule has 2 aromatic carbocycles. The van der Waals surface area contributed by atoms with Crippen molar-refractivity contribution in [2.45, 2.75) is 99.0 Å². The van der Waals surface area contributed by atoms with Crippen molar-refractivity contribution in [3.63, 3.8) is 0 Å². The van der Waals surface area contributed by atoms with Gasteiger partial charge in [-0.1, -0.05) is 12.1 Å². The lowest BCUT2D eigenvalue weighted by molar-refractivity contribution is -0.121. The number of amides is 4. The summed E-state index contributed by atoms with van der Waals surface area (Å²) in [6.07, 6.45) is 4.41. The van der Waals surface area contributed by atoms with Gasteiger partial charge in [-0.15, -0.1) is 0 Å². The first-order valence-electron chi connectivity index (χ1n) is 21.8. The lowest BCUT2D eigenvalue weighted by atomic mass is 9.92. The number of anilines is 4. The van der Waals surface area contributed by atoms with Crippen molar-refractivity contribution in [3.8, 4) is 0 Å². The van der Waals surface area contributed by atoms with Crippen molar-refractivity contribution in [2.75, 3.05) is 65.8 Å². The fraction of sp³-hybridized carbons (Fsp3) is 0.535. The van der Waals surface area contributed by atoms with Gasteiger partial charge in [-0.2, -0.15) is 14.4 Å². The molecule has 2 aromatic heterocycles. The van der Waals surface area contributed by atoms with Crippen LogP contribution in [-0.4, -0.2) is 130 Å². The number of fused-ring (bicyclic) bond motifs is 3. The maximum Gasteiger partial charge on any atom is 0.329 e. The number of halogens is 1. The molecule has 4 amide bonds.